The second-order valence-corrected chi connectivity index (χ2v) is 11.6. The van der Waals surface area contributed by atoms with Crippen LogP contribution in [0, 0.1) is 23.5 Å². The van der Waals surface area contributed by atoms with Gasteiger partial charge in [-0.25, -0.2) is 8.78 Å². The van der Waals surface area contributed by atoms with Gasteiger partial charge in [-0.3, -0.25) is 14.5 Å². The van der Waals surface area contributed by atoms with Crippen LogP contribution in [0.15, 0.2) is 53.1 Å². The summed E-state index contributed by atoms with van der Waals surface area (Å²) in [6.45, 7) is 3.75. The van der Waals surface area contributed by atoms with Crippen LogP contribution >= 0.6 is 35.0 Å². The zero-order valence-electron chi connectivity index (χ0n) is 21.0. The van der Waals surface area contributed by atoms with E-state index in [1.807, 2.05) is 0 Å². The van der Waals surface area contributed by atoms with Crippen molar-refractivity contribution < 1.29 is 22.9 Å². The number of piperidine rings is 1. The third-order valence-corrected chi connectivity index (χ3v) is 8.97. The van der Waals surface area contributed by atoms with E-state index in [2.05, 4.69) is 39.6 Å². The molecule has 2 aliphatic rings. The van der Waals surface area contributed by atoms with Crippen molar-refractivity contribution in [2.75, 3.05) is 13.1 Å². The molecule has 1 saturated heterocycles. The summed E-state index contributed by atoms with van der Waals surface area (Å²) in [6.07, 6.45) is 3.92. The Hall–Kier alpha value is -2.17. The van der Waals surface area contributed by atoms with Gasteiger partial charge in [-0.2, -0.15) is 0 Å². The van der Waals surface area contributed by atoms with Gasteiger partial charge in [-0.1, -0.05) is 34.7 Å². The van der Waals surface area contributed by atoms with Gasteiger partial charge >= 0.3 is 0 Å². The Morgan fingerprint density at radius 3 is 2.39 bits per heavy atom. The number of carbonyl (C=O) groups is 2. The lowest BCUT2D eigenvalue weighted by molar-refractivity contribution is 0.0812. The molecule has 9 heteroatoms. The zero-order chi connectivity index (χ0) is 26.1. The lowest BCUT2D eigenvalue weighted by atomic mass is 9.77. The molecule has 0 amide bonds. The molecule has 0 bridgehead atoms. The lowest BCUT2D eigenvalue weighted by Crippen LogP contribution is -2.41. The number of hydrogen-bond acceptors (Lipinski definition) is 5. The molecule has 1 aliphatic heterocycles. The maximum absolute atomic E-state index is 13.5. The van der Waals surface area contributed by atoms with Gasteiger partial charge < -0.3 is 4.52 Å². The first kappa shape index (κ1) is 28.8. The van der Waals surface area contributed by atoms with Crippen LogP contribution in [0.4, 0.5) is 8.78 Å². The molecule has 2 heterocycles. The molecule has 202 valence electrons. The van der Waals surface area contributed by atoms with Crippen LogP contribution in [0.5, 0.6) is 0 Å². The number of Topliss-reactive ketones (excluding diaryl/α,β-unsaturated/α-hetero) is 2. The highest BCUT2D eigenvalue weighted by molar-refractivity contribution is 14.1. The van der Waals surface area contributed by atoms with Crippen molar-refractivity contribution in [1.82, 2.24) is 10.1 Å². The molecule has 0 N–H and O–H groups in total. The van der Waals surface area contributed by atoms with Crippen molar-refractivity contribution in [2.24, 2.45) is 11.8 Å². The summed E-state index contributed by atoms with van der Waals surface area (Å²) < 4.78 is 32.4. The SMILES string of the molecule is CC1CC(CCCN2CCC(C(=O)c3ccc(F)cc3)CC2I)C(=O)c2c(-c3ccc(F)cc3)noc21.Cl. The highest BCUT2D eigenvalue weighted by atomic mass is 127. The normalized spacial score (nSPS) is 23.5. The molecule has 4 atom stereocenters. The zero-order valence-corrected chi connectivity index (χ0v) is 24.0. The summed E-state index contributed by atoms with van der Waals surface area (Å²) in [7, 11) is 0. The molecule has 0 radical (unpaired) electrons. The number of likely N-dealkylation sites (tertiary alicyclic amines) is 1. The largest absolute Gasteiger partial charge is 0.360 e. The van der Waals surface area contributed by atoms with Crippen molar-refractivity contribution >= 4 is 46.6 Å². The fraction of sp³-hybridized carbons (Fsp3) is 0.414. The number of benzene rings is 2. The lowest BCUT2D eigenvalue weighted by Gasteiger charge is -2.36. The van der Waals surface area contributed by atoms with E-state index in [4.69, 9.17) is 4.52 Å². The van der Waals surface area contributed by atoms with Crippen molar-refractivity contribution in [3.05, 3.63) is 77.1 Å². The molecule has 0 saturated carbocycles. The van der Waals surface area contributed by atoms with Gasteiger partial charge in [0.25, 0.3) is 0 Å². The van der Waals surface area contributed by atoms with Crippen LogP contribution in [-0.4, -0.2) is 38.8 Å². The molecule has 1 aromatic heterocycles. The number of nitrogens with zero attached hydrogens (tertiary/aromatic N) is 2. The average molecular weight is 655 g/mol. The van der Waals surface area contributed by atoms with E-state index >= 15 is 0 Å². The average Bonchev–Trinajstić information content (AvgIpc) is 3.34. The minimum atomic E-state index is -0.337. The minimum Gasteiger partial charge on any atom is -0.360 e. The molecular formula is C29H30ClF2IN2O3. The molecule has 2 aromatic carbocycles. The Labute approximate surface area is 240 Å². The molecule has 0 spiro atoms. The number of halogens is 4. The van der Waals surface area contributed by atoms with Crippen LogP contribution in [0.1, 0.15) is 71.4 Å². The summed E-state index contributed by atoms with van der Waals surface area (Å²) in [5, 5.41) is 4.17. The first-order chi connectivity index (χ1) is 17.8. The number of hydrogen-bond donors (Lipinski definition) is 0. The topological polar surface area (TPSA) is 63.4 Å². The van der Waals surface area contributed by atoms with E-state index < -0.39 is 0 Å². The fourth-order valence-electron chi connectivity index (χ4n) is 5.62. The smallest absolute Gasteiger partial charge is 0.171 e. The van der Waals surface area contributed by atoms with Crippen LogP contribution in [0.25, 0.3) is 11.3 Å². The molecule has 38 heavy (non-hydrogen) atoms. The van der Waals surface area contributed by atoms with Crippen LogP contribution in [-0.2, 0) is 0 Å². The standard InChI is InChI=1S/C29H29F2IN2O3.ClH/c1-17-15-20(28(36)25-26(33-37-29(17)25)18-4-8-22(30)9-5-18)3-2-13-34-14-12-21(16-24(34)32)27(35)19-6-10-23(31)11-7-19;/h4-11,17,20-21,24H,2-3,12-16H2,1H3;1H. The number of fused-ring (bicyclic) bond motifs is 1. The van der Waals surface area contributed by atoms with Gasteiger partial charge in [0, 0.05) is 28.9 Å². The van der Waals surface area contributed by atoms with E-state index in [-0.39, 0.29) is 57.4 Å². The summed E-state index contributed by atoms with van der Waals surface area (Å²) in [5.41, 5.74) is 2.29. The predicted molar refractivity (Wildman–Crippen MR) is 152 cm³/mol. The van der Waals surface area contributed by atoms with Crippen LogP contribution in [0.2, 0.25) is 0 Å². The molecule has 5 rings (SSSR count). The van der Waals surface area contributed by atoms with Crippen LogP contribution < -0.4 is 0 Å². The van der Waals surface area contributed by atoms with Crippen molar-refractivity contribution in [3.8, 4) is 11.3 Å². The first-order valence-electron chi connectivity index (χ1n) is 12.8. The van der Waals surface area contributed by atoms with E-state index in [9.17, 15) is 18.4 Å². The number of carbonyl (C=O) groups excluding carboxylic acids is 2. The van der Waals surface area contributed by atoms with Crippen molar-refractivity contribution in [3.63, 3.8) is 0 Å². The monoisotopic (exact) mass is 654 g/mol. The maximum Gasteiger partial charge on any atom is 0.171 e. The van der Waals surface area contributed by atoms with Crippen LogP contribution in [0.3, 0.4) is 0 Å². The number of alkyl halides is 1. The van der Waals surface area contributed by atoms with Gasteiger partial charge in [-0.15, -0.1) is 12.4 Å². The highest BCUT2D eigenvalue weighted by Gasteiger charge is 2.38. The van der Waals surface area contributed by atoms with Crippen molar-refractivity contribution in [1.29, 1.82) is 0 Å². The third kappa shape index (κ3) is 6.02. The van der Waals surface area contributed by atoms with E-state index in [0.29, 0.717) is 28.1 Å². The summed E-state index contributed by atoms with van der Waals surface area (Å²) >= 11 is 2.41. The Kier molecular flexibility index (Phi) is 9.36. The highest BCUT2D eigenvalue weighted by Crippen LogP contribution is 2.41. The minimum absolute atomic E-state index is 0. The predicted octanol–water partition coefficient (Wildman–Crippen LogP) is 7.48. The number of aromatic nitrogens is 1. The second kappa shape index (κ2) is 12.3. The quantitative estimate of drug-likeness (QED) is 0.114. The van der Waals surface area contributed by atoms with Gasteiger partial charge in [0.05, 0.1) is 9.61 Å². The first-order valence-corrected chi connectivity index (χ1v) is 14.0. The molecule has 3 aromatic rings. The van der Waals surface area contributed by atoms with Gasteiger partial charge in [0.15, 0.2) is 17.3 Å². The molecule has 1 aliphatic carbocycles. The maximum atomic E-state index is 13.5. The third-order valence-electron chi connectivity index (χ3n) is 7.68. The Balaban J connectivity index is 0.00000336. The van der Waals surface area contributed by atoms with E-state index in [1.54, 1.807) is 24.3 Å². The summed E-state index contributed by atoms with van der Waals surface area (Å²) in [6, 6.07) is 11.8. The summed E-state index contributed by atoms with van der Waals surface area (Å²) in [5.74, 6) is 0.0262. The second-order valence-electron chi connectivity index (χ2n) is 10.2. The van der Waals surface area contributed by atoms with Gasteiger partial charge in [-0.05, 0) is 93.7 Å². The molecule has 5 nitrogen and oxygen atoms in total. The van der Waals surface area contributed by atoms with Crippen molar-refractivity contribution in [2.45, 2.75) is 49.0 Å². The molecule has 4 unspecified atom stereocenters. The Morgan fingerprint density at radius 1 is 1.08 bits per heavy atom. The fourth-order valence-corrected chi connectivity index (χ4v) is 6.79. The summed E-state index contributed by atoms with van der Waals surface area (Å²) in [4.78, 5) is 28.7. The van der Waals surface area contributed by atoms with Gasteiger partial charge in [0.1, 0.15) is 17.3 Å². The van der Waals surface area contributed by atoms with E-state index in [0.717, 1.165) is 45.2 Å². The molecule has 1 fully saturated rings. The molecular weight excluding hydrogens is 625 g/mol. The Morgan fingerprint density at radius 2 is 1.74 bits per heavy atom. The van der Waals surface area contributed by atoms with Gasteiger partial charge in [0.2, 0.25) is 0 Å². The number of rotatable bonds is 7. The number of ketones is 2. The Bertz CT molecular complexity index is 1280. The van der Waals surface area contributed by atoms with E-state index in [1.165, 1.54) is 24.3 Å².